The SMILES string of the molecule is [SiH3]O[SiH2]N([SiH2]O[SiH3])[SiH2]O[SiH3]. The lowest BCUT2D eigenvalue weighted by molar-refractivity contribution is 0.548. The highest BCUT2D eigenvalue weighted by molar-refractivity contribution is 6.62. The Hall–Kier alpha value is 1.14. The van der Waals surface area contributed by atoms with E-state index in [1.165, 1.54) is 0 Å². The normalized spacial score (nSPS) is 15.3. The van der Waals surface area contributed by atoms with Crippen LogP contribution in [0.3, 0.4) is 0 Å². The maximum Gasteiger partial charge on any atom is 0.215 e. The first-order valence-electron chi connectivity index (χ1n) is 3.04. The second kappa shape index (κ2) is 8.24. The summed E-state index contributed by atoms with van der Waals surface area (Å²) in [6.45, 7) is 0. The van der Waals surface area contributed by atoms with Gasteiger partial charge in [-0.2, -0.15) is 0 Å². The van der Waals surface area contributed by atoms with Gasteiger partial charge in [0.15, 0.2) is 0 Å². The Balaban J connectivity index is 3.30. The first-order valence-corrected chi connectivity index (χ1v) is 9.12. The Kier molecular flexibility index (Phi) is 9.18. The molecule has 0 spiro atoms. The van der Waals surface area contributed by atoms with Crippen LogP contribution in [0.5, 0.6) is 0 Å². The molecule has 0 saturated heterocycles. The number of hydrogen-bond acceptors (Lipinski definition) is 4. The van der Waals surface area contributed by atoms with Crippen molar-refractivity contribution >= 4 is 61.2 Å². The van der Waals surface area contributed by atoms with Gasteiger partial charge in [-0.1, -0.05) is 0 Å². The zero-order valence-corrected chi connectivity index (χ0v) is 17.0. The van der Waals surface area contributed by atoms with Gasteiger partial charge in [0.05, 0.1) is 0 Å². The molecule has 0 N–H and O–H groups in total. The van der Waals surface area contributed by atoms with E-state index < -0.39 is 0 Å². The smallest absolute Gasteiger partial charge is 0.215 e. The van der Waals surface area contributed by atoms with E-state index in [0.717, 1.165) is 31.5 Å². The molecule has 4 nitrogen and oxygen atoms in total. The fourth-order valence-corrected chi connectivity index (χ4v) is 15.8. The predicted octanol–water partition coefficient (Wildman–Crippen LogP) is -6.82. The van der Waals surface area contributed by atoms with Gasteiger partial charge in [0.2, 0.25) is 29.8 Å². The van der Waals surface area contributed by atoms with Gasteiger partial charge in [-0.3, -0.25) is 0 Å². The van der Waals surface area contributed by atoms with Crippen molar-refractivity contribution in [3.05, 3.63) is 0 Å². The highest BCUT2D eigenvalue weighted by Gasteiger charge is 2.02. The molecule has 0 fully saturated rings. The summed E-state index contributed by atoms with van der Waals surface area (Å²) in [4.78, 5) is 0. The average molecular weight is 246 g/mol. The van der Waals surface area contributed by atoms with E-state index >= 15 is 0 Å². The van der Waals surface area contributed by atoms with Gasteiger partial charge in [-0.25, -0.2) is 0 Å². The van der Waals surface area contributed by atoms with Crippen molar-refractivity contribution in [2.24, 2.45) is 0 Å². The van der Waals surface area contributed by atoms with Gasteiger partial charge in [-0.05, 0) is 0 Å². The molecule has 0 aliphatic heterocycles. The summed E-state index contributed by atoms with van der Waals surface area (Å²) in [5.74, 6) is 0. The van der Waals surface area contributed by atoms with Crippen LogP contribution in [0.1, 0.15) is 0 Å². The molecule has 0 atom stereocenters. The molecule has 62 valence electrons. The summed E-state index contributed by atoms with van der Waals surface area (Å²) >= 11 is 0. The summed E-state index contributed by atoms with van der Waals surface area (Å²) in [6.07, 6.45) is 0. The molecule has 0 bridgehead atoms. The van der Waals surface area contributed by atoms with Crippen LogP contribution in [0.4, 0.5) is 0 Å². The largest absolute Gasteiger partial charge is 0.458 e. The van der Waals surface area contributed by atoms with Gasteiger partial charge >= 0.3 is 0 Å². The van der Waals surface area contributed by atoms with Gasteiger partial charge in [0, 0.05) is 0 Å². The minimum absolute atomic E-state index is 0.373. The Morgan fingerprint density at radius 3 is 1.30 bits per heavy atom. The van der Waals surface area contributed by atoms with Crippen LogP contribution >= 0.6 is 0 Å². The molecule has 0 aromatic rings. The van der Waals surface area contributed by atoms with Crippen LogP contribution in [-0.2, 0) is 12.3 Å². The fraction of sp³-hybridized carbons (Fsp3) is 0. The first-order chi connectivity index (χ1) is 4.85. The van der Waals surface area contributed by atoms with Crippen LogP contribution in [0.2, 0.25) is 0 Å². The van der Waals surface area contributed by atoms with Crippen molar-refractivity contribution in [3.63, 3.8) is 0 Å². The van der Waals surface area contributed by atoms with Crippen LogP contribution < -0.4 is 0 Å². The van der Waals surface area contributed by atoms with Crippen molar-refractivity contribution in [3.8, 4) is 0 Å². The summed E-state index contributed by atoms with van der Waals surface area (Å²) in [5, 5.41) is 0. The van der Waals surface area contributed by atoms with E-state index in [4.69, 9.17) is 12.3 Å². The third kappa shape index (κ3) is 5.89. The van der Waals surface area contributed by atoms with Crippen LogP contribution in [0.15, 0.2) is 0 Å². The molecule has 10 heavy (non-hydrogen) atoms. The van der Waals surface area contributed by atoms with E-state index in [9.17, 15) is 0 Å². The third-order valence-corrected chi connectivity index (χ3v) is 8.42. The van der Waals surface area contributed by atoms with Crippen molar-refractivity contribution in [2.75, 3.05) is 0 Å². The number of nitrogens with zero attached hydrogens (tertiary/aromatic N) is 1. The van der Waals surface area contributed by atoms with E-state index in [2.05, 4.69) is 3.90 Å². The van der Waals surface area contributed by atoms with Crippen LogP contribution in [0, 0.1) is 0 Å². The van der Waals surface area contributed by atoms with Gasteiger partial charge in [-0.15, -0.1) is 0 Å². The lowest BCUT2D eigenvalue weighted by atomic mass is 13.8. The van der Waals surface area contributed by atoms with Crippen molar-refractivity contribution in [1.82, 2.24) is 3.90 Å². The topological polar surface area (TPSA) is 30.9 Å². The molecule has 0 radical (unpaired) electrons. The maximum absolute atomic E-state index is 5.25. The first kappa shape index (κ1) is 11.1. The van der Waals surface area contributed by atoms with Crippen molar-refractivity contribution < 1.29 is 12.3 Å². The van der Waals surface area contributed by atoms with Gasteiger partial charge in [0.25, 0.3) is 0 Å². The third-order valence-electron chi connectivity index (χ3n) is 0.935. The van der Waals surface area contributed by atoms with Gasteiger partial charge < -0.3 is 16.2 Å². The molecule has 0 rings (SSSR count). The van der Waals surface area contributed by atoms with Crippen molar-refractivity contribution in [2.45, 2.75) is 0 Å². The number of hydrogen-bond donors (Lipinski definition) is 0. The lowest BCUT2D eigenvalue weighted by Gasteiger charge is -2.18. The molecule has 0 aromatic carbocycles. The zero-order chi connectivity index (χ0) is 7.82. The quantitative estimate of drug-likeness (QED) is 0.436. The van der Waals surface area contributed by atoms with E-state index in [-0.39, 0.29) is 29.8 Å². The van der Waals surface area contributed by atoms with Crippen LogP contribution in [0.25, 0.3) is 0 Å². The summed E-state index contributed by atoms with van der Waals surface area (Å²) < 4.78 is 18.2. The van der Waals surface area contributed by atoms with E-state index in [1.54, 1.807) is 0 Å². The maximum atomic E-state index is 5.25. The Bertz CT molecular complexity index is 55.7. The summed E-state index contributed by atoms with van der Waals surface area (Å²) in [6, 6.07) is 0. The molecule has 0 aromatic heterocycles. The highest BCUT2D eigenvalue weighted by atomic mass is 28.4. The van der Waals surface area contributed by atoms with Crippen molar-refractivity contribution in [1.29, 1.82) is 0 Å². The second-order valence-corrected chi connectivity index (χ2v) is 15.0. The summed E-state index contributed by atoms with van der Waals surface area (Å²) in [5.41, 5.74) is 0. The molecule has 0 heterocycles. The standard InChI is InChI=1S/H15NO3Si6/c5-2-8-1(9-3-6)10-4-7/h8-10H2,5-7H3. The minimum Gasteiger partial charge on any atom is -0.458 e. The molecule has 0 aliphatic rings. The molecule has 0 unspecified atom stereocenters. The predicted molar refractivity (Wildman–Crippen MR) is 60.5 cm³/mol. The molecular formula is H15NO3Si6. The summed E-state index contributed by atoms with van der Waals surface area (Å²) in [7, 11) is 1.51. The van der Waals surface area contributed by atoms with Crippen LogP contribution in [-0.4, -0.2) is 65.1 Å². The fourth-order valence-electron chi connectivity index (χ4n) is 0.660. The highest BCUT2D eigenvalue weighted by Crippen LogP contribution is 1.78. The molecule has 10 heteroatoms. The molecular weight excluding hydrogens is 231 g/mol. The number of rotatable bonds is 6. The molecule has 0 aliphatic carbocycles. The average Bonchev–Trinajstić information content (AvgIpc) is 1.90. The second-order valence-electron chi connectivity index (χ2n) is 1.92. The van der Waals surface area contributed by atoms with E-state index in [0.29, 0.717) is 0 Å². The van der Waals surface area contributed by atoms with E-state index in [1.807, 2.05) is 0 Å². The molecule has 0 amide bonds. The zero-order valence-electron chi connectivity index (χ0n) is 6.79. The molecule has 0 saturated carbocycles. The van der Waals surface area contributed by atoms with Gasteiger partial charge in [0.1, 0.15) is 31.5 Å². The monoisotopic (exact) mass is 245 g/mol. The minimum atomic E-state index is -0.373. The Morgan fingerprint density at radius 2 is 1.10 bits per heavy atom. The lowest BCUT2D eigenvalue weighted by Crippen LogP contribution is -2.38. The Labute approximate surface area is 77.7 Å². The Morgan fingerprint density at radius 1 is 0.800 bits per heavy atom.